The summed E-state index contributed by atoms with van der Waals surface area (Å²) in [5, 5.41) is 14.4. The average molecular weight is 439 g/mol. The van der Waals surface area contributed by atoms with E-state index in [0.717, 1.165) is 17.7 Å². The summed E-state index contributed by atoms with van der Waals surface area (Å²) in [6.45, 7) is 1.05. The molecule has 0 radical (unpaired) electrons. The van der Waals surface area contributed by atoms with E-state index in [1.54, 1.807) is 4.90 Å². The number of nitrogens with zero attached hydrogens (tertiary/aromatic N) is 6. The lowest BCUT2D eigenvalue weighted by Gasteiger charge is -2.15. The van der Waals surface area contributed by atoms with Gasteiger partial charge in [-0.05, 0) is 42.8 Å². The van der Waals surface area contributed by atoms with E-state index in [-0.39, 0.29) is 18.4 Å². The number of anilines is 1. The van der Waals surface area contributed by atoms with Crippen molar-refractivity contribution in [2.75, 3.05) is 18.8 Å². The van der Waals surface area contributed by atoms with Crippen LogP contribution in [-0.2, 0) is 4.79 Å². The number of carbonyl (C=O) groups excluding carboxylic acids is 1. The van der Waals surface area contributed by atoms with Crippen LogP contribution in [0.2, 0.25) is 0 Å². The van der Waals surface area contributed by atoms with Crippen LogP contribution in [0.1, 0.15) is 18.9 Å². The minimum Gasteiger partial charge on any atom is -0.457 e. The Hall–Kier alpha value is -4.45. The van der Waals surface area contributed by atoms with E-state index in [4.69, 9.17) is 20.8 Å². The Morgan fingerprint density at radius 3 is 2.64 bits per heavy atom. The first-order chi connectivity index (χ1) is 16.1. The van der Waals surface area contributed by atoms with Gasteiger partial charge in [-0.15, -0.1) is 0 Å². The standard InChI is InChI=1S/C24H21N7O2/c25-12-10-20(32)30-13-11-17(14-30)31-24-21(23(26)27-15-28-24)22(29-31)16-6-8-19(9-7-16)33-18-4-2-1-3-5-18/h1-9,15,17H,10-11,13-14H2,(H2,26,27,28). The lowest BCUT2D eigenvalue weighted by atomic mass is 10.1. The maximum atomic E-state index is 12.1. The fourth-order valence-electron chi connectivity index (χ4n) is 4.10. The minimum atomic E-state index is -0.167. The van der Waals surface area contributed by atoms with Crippen molar-refractivity contribution in [2.45, 2.75) is 18.9 Å². The third-order valence-corrected chi connectivity index (χ3v) is 5.72. The van der Waals surface area contributed by atoms with Crippen molar-refractivity contribution in [2.24, 2.45) is 0 Å². The highest BCUT2D eigenvalue weighted by molar-refractivity contribution is 5.98. The highest BCUT2D eigenvalue weighted by Gasteiger charge is 2.30. The molecule has 2 aromatic carbocycles. The molecule has 2 N–H and O–H groups in total. The molecule has 1 fully saturated rings. The van der Waals surface area contributed by atoms with Crippen LogP contribution < -0.4 is 10.5 Å². The van der Waals surface area contributed by atoms with Gasteiger partial charge in [0.25, 0.3) is 0 Å². The molecular formula is C24H21N7O2. The summed E-state index contributed by atoms with van der Waals surface area (Å²) >= 11 is 0. The Morgan fingerprint density at radius 1 is 1.12 bits per heavy atom. The van der Waals surface area contributed by atoms with Crippen LogP contribution in [0.15, 0.2) is 60.9 Å². The summed E-state index contributed by atoms with van der Waals surface area (Å²) in [6.07, 6.45) is 2.02. The van der Waals surface area contributed by atoms with E-state index >= 15 is 0 Å². The minimum absolute atomic E-state index is 0.0566. The smallest absolute Gasteiger partial charge is 0.236 e. The number of carbonyl (C=O) groups is 1. The number of aromatic nitrogens is 4. The fraction of sp³-hybridized carbons (Fsp3) is 0.208. The topological polar surface area (TPSA) is 123 Å². The maximum Gasteiger partial charge on any atom is 0.236 e. The van der Waals surface area contributed by atoms with E-state index < -0.39 is 0 Å². The van der Waals surface area contributed by atoms with Gasteiger partial charge in [-0.1, -0.05) is 18.2 Å². The highest BCUT2D eigenvalue weighted by atomic mass is 16.5. The number of nitriles is 1. The van der Waals surface area contributed by atoms with E-state index in [1.165, 1.54) is 6.33 Å². The SMILES string of the molecule is N#CCC(=O)N1CCC(n2nc(-c3ccc(Oc4ccccc4)cc3)c3c(N)ncnc32)C1. The van der Waals surface area contributed by atoms with Gasteiger partial charge in [-0.25, -0.2) is 14.6 Å². The predicted octanol–water partition coefficient (Wildman–Crippen LogP) is 3.55. The average Bonchev–Trinajstić information content (AvgIpc) is 3.47. The van der Waals surface area contributed by atoms with Gasteiger partial charge >= 0.3 is 0 Å². The third kappa shape index (κ3) is 3.94. The molecule has 0 spiro atoms. The van der Waals surface area contributed by atoms with Crippen LogP contribution >= 0.6 is 0 Å². The molecular weight excluding hydrogens is 418 g/mol. The Labute approximate surface area is 190 Å². The molecule has 9 heteroatoms. The number of ether oxygens (including phenoxy) is 1. The summed E-state index contributed by atoms with van der Waals surface area (Å²) in [5.74, 6) is 1.65. The van der Waals surface area contributed by atoms with E-state index in [9.17, 15) is 4.79 Å². The highest BCUT2D eigenvalue weighted by Crippen LogP contribution is 2.35. The number of likely N-dealkylation sites (tertiary alicyclic amines) is 1. The summed E-state index contributed by atoms with van der Waals surface area (Å²) in [6, 6.07) is 19.0. The second kappa shape index (κ2) is 8.59. The number of hydrogen-bond acceptors (Lipinski definition) is 7. The van der Waals surface area contributed by atoms with Gasteiger partial charge < -0.3 is 15.4 Å². The number of nitrogens with two attached hydrogens (primary N) is 1. The van der Waals surface area contributed by atoms with E-state index in [1.807, 2.05) is 65.3 Å². The molecule has 0 saturated carbocycles. The molecule has 1 unspecified atom stereocenters. The number of nitrogen functional groups attached to an aromatic ring is 1. The maximum absolute atomic E-state index is 12.1. The van der Waals surface area contributed by atoms with Gasteiger partial charge in [0, 0.05) is 18.7 Å². The molecule has 4 aromatic rings. The van der Waals surface area contributed by atoms with Gasteiger partial charge in [0.2, 0.25) is 5.91 Å². The first-order valence-electron chi connectivity index (χ1n) is 10.6. The summed E-state index contributed by atoms with van der Waals surface area (Å²) in [7, 11) is 0. The molecule has 1 atom stereocenters. The number of benzene rings is 2. The third-order valence-electron chi connectivity index (χ3n) is 5.72. The quantitative estimate of drug-likeness (QED) is 0.504. The second-order valence-electron chi connectivity index (χ2n) is 7.81. The molecule has 33 heavy (non-hydrogen) atoms. The zero-order valence-corrected chi connectivity index (χ0v) is 17.8. The van der Waals surface area contributed by atoms with Crippen LogP contribution in [0.5, 0.6) is 11.5 Å². The van der Waals surface area contributed by atoms with Crippen molar-refractivity contribution in [3.8, 4) is 28.8 Å². The van der Waals surface area contributed by atoms with E-state index in [2.05, 4.69) is 9.97 Å². The first kappa shape index (κ1) is 20.5. The molecule has 3 heterocycles. The zero-order chi connectivity index (χ0) is 22.8. The normalized spacial score (nSPS) is 15.5. The van der Waals surface area contributed by atoms with E-state index in [0.29, 0.717) is 41.4 Å². The van der Waals surface area contributed by atoms with Gasteiger partial charge in [0.1, 0.15) is 35.8 Å². The lowest BCUT2D eigenvalue weighted by molar-refractivity contribution is -0.129. The van der Waals surface area contributed by atoms with Crippen molar-refractivity contribution in [1.82, 2.24) is 24.6 Å². The predicted molar refractivity (Wildman–Crippen MR) is 122 cm³/mol. The van der Waals surface area contributed by atoms with Gasteiger partial charge in [0.15, 0.2) is 5.65 Å². The fourth-order valence-corrected chi connectivity index (χ4v) is 4.10. The number of para-hydroxylation sites is 1. The second-order valence-corrected chi connectivity index (χ2v) is 7.81. The molecule has 1 saturated heterocycles. The Bertz CT molecular complexity index is 1340. The Kier molecular flexibility index (Phi) is 5.32. The summed E-state index contributed by atoms with van der Waals surface area (Å²) in [4.78, 5) is 22.4. The van der Waals surface area contributed by atoms with Crippen LogP contribution in [0.3, 0.4) is 0 Å². The molecule has 0 bridgehead atoms. The Morgan fingerprint density at radius 2 is 1.88 bits per heavy atom. The van der Waals surface area contributed by atoms with Gasteiger partial charge in [-0.3, -0.25) is 4.79 Å². The molecule has 1 aliphatic rings. The van der Waals surface area contributed by atoms with Crippen LogP contribution in [0.4, 0.5) is 5.82 Å². The van der Waals surface area contributed by atoms with Crippen LogP contribution in [-0.4, -0.2) is 43.6 Å². The molecule has 164 valence electrons. The molecule has 1 amide bonds. The Balaban J connectivity index is 1.47. The molecule has 2 aromatic heterocycles. The zero-order valence-electron chi connectivity index (χ0n) is 17.8. The largest absolute Gasteiger partial charge is 0.457 e. The van der Waals surface area contributed by atoms with Crippen LogP contribution in [0, 0.1) is 11.3 Å². The molecule has 0 aliphatic carbocycles. The number of hydrogen-bond donors (Lipinski definition) is 1. The summed E-state index contributed by atoms with van der Waals surface area (Å²) in [5.41, 5.74) is 8.38. The lowest BCUT2D eigenvalue weighted by Crippen LogP contribution is -2.28. The van der Waals surface area contributed by atoms with Crippen molar-refractivity contribution < 1.29 is 9.53 Å². The monoisotopic (exact) mass is 439 g/mol. The number of amides is 1. The first-order valence-corrected chi connectivity index (χ1v) is 10.6. The van der Waals surface area contributed by atoms with Gasteiger partial charge in [-0.2, -0.15) is 10.4 Å². The number of rotatable bonds is 5. The van der Waals surface area contributed by atoms with Crippen molar-refractivity contribution in [3.05, 3.63) is 60.9 Å². The van der Waals surface area contributed by atoms with Crippen LogP contribution in [0.25, 0.3) is 22.3 Å². The van der Waals surface area contributed by atoms with Crippen molar-refractivity contribution in [1.29, 1.82) is 5.26 Å². The summed E-state index contributed by atoms with van der Waals surface area (Å²) < 4.78 is 7.72. The molecule has 5 rings (SSSR count). The molecule has 1 aliphatic heterocycles. The van der Waals surface area contributed by atoms with Crippen molar-refractivity contribution >= 4 is 22.8 Å². The van der Waals surface area contributed by atoms with Crippen molar-refractivity contribution in [3.63, 3.8) is 0 Å². The number of fused-ring (bicyclic) bond motifs is 1. The van der Waals surface area contributed by atoms with Gasteiger partial charge in [0.05, 0.1) is 17.5 Å². The molecule has 9 nitrogen and oxygen atoms in total.